The van der Waals surface area contributed by atoms with Gasteiger partial charge in [0, 0.05) is 28.6 Å². The van der Waals surface area contributed by atoms with Crippen LogP contribution in [0.4, 0.5) is 0 Å². The van der Waals surface area contributed by atoms with Crippen molar-refractivity contribution in [3.05, 3.63) is 94.7 Å². The molecule has 3 N–H and O–H groups in total. The van der Waals surface area contributed by atoms with E-state index in [1.807, 2.05) is 56.3 Å². The maximum Gasteiger partial charge on any atom is 0.255 e. The molecule has 5 rings (SSSR count). The Morgan fingerprint density at radius 3 is 2.66 bits per heavy atom. The van der Waals surface area contributed by atoms with Crippen LogP contribution in [-0.2, 0) is 12.8 Å². The standard InChI is InChI=1S/C32H32N2O4/c1-21(2)38-30-15-13-22(12-14-23-8-4-7-11-29(23)37-3)18-25(30)31(36)34-32(20-35)17-16-28-26(19-32)24-9-5-6-10-27(24)33-28/h4-11,13,15,18,21,33,35H,16-17,19-20H2,1-3H3,(H,34,36). The lowest BCUT2D eigenvalue weighted by molar-refractivity contribution is 0.0802. The number of carbonyl (C=O) groups is 1. The van der Waals surface area contributed by atoms with Crippen LogP contribution < -0.4 is 14.8 Å². The number of aliphatic hydroxyl groups excluding tert-OH is 1. The maximum atomic E-state index is 13.7. The van der Waals surface area contributed by atoms with Gasteiger partial charge in [-0.2, -0.15) is 0 Å². The number of methoxy groups -OCH3 is 1. The van der Waals surface area contributed by atoms with Crippen LogP contribution in [0.15, 0.2) is 66.7 Å². The summed E-state index contributed by atoms with van der Waals surface area (Å²) in [7, 11) is 1.61. The largest absolute Gasteiger partial charge is 0.495 e. The molecule has 0 spiro atoms. The number of fused-ring (bicyclic) bond motifs is 3. The Balaban J connectivity index is 1.46. The highest BCUT2D eigenvalue weighted by Crippen LogP contribution is 2.34. The molecule has 38 heavy (non-hydrogen) atoms. The van der Waals surface area contributed by atoms with Crippen LogP contribution in [0.25, 0.3) is 10.9 Å². The van der Waals surface area contributed by atoms with Gasteiger partial charge >= 0.3 is 0 Å². The lowest BCUT2D eigenvalue weighted by atomic mass is 9.80. The SMILES string of the molecule is COc1ccccc1C#Cc1ccc(OC(C)C)c(C(=O)NC2(CO)CCc3[nH]c4ccccc4c3C2)c1. The molecule has 194 valence electrons. The number of hydrogen-bond acceptors (Lipinski definition) is 4. The van der Waals surface area contributed by atoms with Gasteiger partial charge < -0.3 is 24.9 Å². The molecule has 1 aromatic heterocycles. The third-order valence-electron chi connectivity index (χ3n) is 6.99. The normalized spacial score (nSPS) is 16.4. The van der Waals surface area contributed by atoms with Crippen molar-refractivity contribution in [2.45, 2.75) is 44.8 Å². The Hall–Kier alpha value is -4.21. The smallest absolute Gasteiger partial charge is 0.255 e. The summed E-state index contributed by atoms with van der Waals surface area (Å²) < 4.78 is 11.4. The van der Waals surface area contributed by atoms with Crippen LogP contribution in [0.5, 0.6) is 11.5 Å². The number of aliphatic hydroxyl groups is 1. The molecule has 1 unspecified atom stereocenters. The zero-order valence-corrected chi connectivity index (χ0v) is 21.9. The van der Waals surface area contributed by atoms with Crippen molar-refractivity contribution in [1.82, 2.24) is 10.3 Å². The Kier molecular flexibility index (Phi) is 7.13. The van der Waals surface area contributed by atoms with Crippen molar-refractivity contribution in [3.8, 4) is 23.3 Å². The first kappa shape index (κ1) is 25.4. The van der Waals surface area contributed by atoms with E-state index in [4.69, 9.17) is 9.47 Å². The molecule has 6 heteroatoms. The quantitative estimate of drug-likeness (QED) is 0.320. The number of aromatic amines is 1. The molecule has 0 saturated carbocycles. The van der Waals surface area contributed by atoms with Crippen molar-refractivity contribution in [1.29, 1.82) is 0 Å². The van der Waals surface area contributed by atoms with Gasteiger partial charge in [0.05, 0.1) is 36.5 Å². The summed E-state index contributed by atoms with van der Waals surface area (Å²) in [6, 6.07) is 21.1. The third kappa shape index (κ3) is 5.11. The van der Waals surface area contributed by atoms with Crippen LogP contribution >= 0.6 is 0 Å². The Morgan fingerprint density at radius 2 is 1.87 bits per heavy atom. The van der Waals surface area contributed by atoms with E-state index >= 15 is 0 Å². The van der Waals surface area contributed by atoms with E-state index < -0.39 is 5.54 Å². The fraction of sp³-hybridized carbons (Fsp3) is 0.281. The number of ether oxygens (including phenoxy) is 2. The average Bonchev–Trinajstić information content (AvgIpc) is 3.30. The Morgan fingerprint density at radius 1 is 1.08 bits per heavy atom. The summed E-state index contributed by atoms with van der Waals surface area (Å²) in [6.45, 7) is 3.68. The number of rotatable bonds is 6. The Labute approximate surface area is 223 Å². The molecule has 4 aromatic rings. The first-order chi connectivity index (χ1) is 18.4. The van der Waals surface area contributed by atoms with Gasteiger partial charge in [0.25, 0.3) is 5.91 Å². The second kappa shape index (κ2) is 10.6. The molecule has 0 radical (unpaired) electrons. The summed E-state index contributed by atoms with van der Waals surface area (Å²) in [6.07, 6.45) is 1.80. The molecule has 1 atom stereocenters. The molecule has 6 nitrogen and oxygen atoms in total. The van der Waals surface area contributed by atoms with E-state index in [0.717, 1.165) is 28.5 Å². The molecule has 0 fully saturated rings. The zero-order valence-electron chi connectivity index (χ0n) is 21.9. The topological polar surface area (TPSA) is 83.6 Å². The second-order valence-electron chi connectivity index (χ2n) is 10.0. The minimum Gasteiger partial charge on any atom is -0.495 e. The summed E-state index contributed by atoms with van der Waals surface area (Å²) in [5.41, 5.74) is 4.45. The number of para-hydroxylation sites is 2. The van der Waals surface area contributed by atoms with Crippen LogP contribution in [0.1, 0.15) is 53.0 Å². The highest BCUT2D eigenvalue weighted by molar-refractivity contribution is 5.98. The lowest BCUT2D eigenvalue weighted by Gasteiger charge is -2.36. The predicted octanol–water partition coefficient (Wildman–Crippen LogP) is 5.01. The fourth-order valence-corrected chi connectivity index (χ4v) is 5.08. The van der Waals surface area contributed by atoms with Crippen LogP contribution in [0.3, 0.4) is 0 Å². The fourth-order valence-electron chi connectivity index (χ4n) is 5.08. The number of carbonyl (C=O) groups excluding carboxylic acids is 1. The molecule has 0 bridgehead atoms. The van der Waals surface area contributed by atoms with E-state index in [-0.39, 0.29) is 18.6 Å². The van der Waals surface area contributed by atoms with E-state index in [1.165, 1.54) is 5.69 Å². The van der Waals surface area contributed by atoms with Gasteiger partial charge in [-0.15, -0.1) is 0 Å². The first-order valence-electron chi connectivity index (χ1n) is 12.9. The number of aryl methyl sites for hydroxylation is 1. The summed E-state index contributed by atoms with van der Waals surface area (Å²) in [5, 5.41) is 14.8. The molecule has 1 aliphatic rings. The zero-order chi connectivity index (χ0) is 26.7. The number of aromatic nitrogens is 1. The molecule has 1 amide bonds. The molecule has 1 heterocycles. The van der Waals surface area contributed by atoms with Gasteiger partial charge in [0.15, 0.2) is 0 Å². The number of benzene rings is 3. The van der Waals surface area contributed by atoms with Crippen molar-refractivity contribution in [2.24, 2.45) is 0 Å². The highest BCUT2D eigenvalue weighted by Gasteiger charge is 2.37. The molecular formula is C32H32N2O4. The van der Waals surface area contributed by atoms with Gasteiger partial charge in [-0.25, -0.2) is 0 Å². The van der Waals surface area contributed by atoms with Gasteiger partial charge in [-0.05, 0) is 68.7 Å². The van der Waals surface area contributed by atoms with Gasteiger partial charge in [0.2, 0.25) is 0 Å². The summed E-state index contributed by atoms with van der Waals surface area (Å²) >= 11 is 0. The number of H-pyrrole nitrogens is 1. The number of nitrogens with one attached hydrogen (secondary N) is 2. The van der Waals surface area contributed by atoms with Crippen molar-refractivity contribution in [2.75, 3.05) is 13.7 Å². The molecule has 1 aliphatic carbocycles. The minimum atomic E-state index is -0.775. The number of amides is 1. The molecular weight excluding hydrogens is 476 g/mol. The van der Waals surface area contributed by atoms with E-state index in [0.29, 0.717) is 35.5 Å². The number of hydrogen-bond donors (Lipinski definition) is 3. The highest BCUT2D eigenvalue weighted by atomic mass is 16.5. The van der Waals surface area contributed by atoms with E-state index in [1.54, 1.807) is 19.2 Å². The van der Waals surface area contributed by atoms with Crippen molar-refractivity contribution < 1.29 is 19.4 Å². The maximum absolute atomic E-state index is 13.7. The molecule has 0 aliphatic heterocycles. The second-order valence-corrected chi connectivity index (χ2v) is 10.0. The lowest BCUT2D eigenvalue weighted by Crippen LogP contribution is -2.54. The van der Waals surface area contributed by atoms with Crippen LogP contribution in [0, 0.1) is 11.8 Å². The first-order valence-corrected chi connectivity index (χ1v) is 12.9. The van der Waals surface area contributed by atoms with E-state index in [2.05, 4.69) is 34.3 Å². The predicted molar refractivity (Wildman–Crippen MR) is 149 cm³/mol. The molecule has 3 aromatic carbocycles. The third-order valence-corrected chi connectivity index (χ3v) is 6.99. The average molecular weight is 509 g/mol. The van der Waals surface area contributed by atoms with Crippen molar-refractivity contribution in [3.63, 3.8) is 0 Å². The van der Waals surface area contributed by atoms with Crippen LogP contribution in [0.2, 0.25) is 0 Å². The Bertz CT molecular complexity index is 1540. The minimum absolute atomic E-state index is 0.109. The van der Waals surface area contributed by atoms with Gasteiger partial charge in [-0.1, -0.05) is 42.2 Å². The van der Waals surface area contributed by atoms with Gasteiger partial charge in [0.1, 0.15) is 11.5 Å². The van der Waals surface area contributed by atoms with E-state index in [9.17, 15) is 9.90 Å². The monoisotopic (exact) mass is 508 g/mol. The summed E-state index contributed by atoms with van der Waals surface area (Å²) in [5.74, 6) is 7.17. The van der Waals surface area contributed by atoms with Crippen molar-refractivity contribution >= 4 is 16.8 Å². The van der Waals surface area contributed by atoms with Crippen LogP contribution in [-0.4, -0.2) is 41.4 Å². The van der Waals surface area contributed by atoms with Gasteiger partial charge in [-0.3, -0.25) is 4.79 Å². The molecule has 0 saturated heterocycles. The summed E-state index contributed by atoms with van der Waals surface area (Å²) in [4.78, 5) is 17.2.